The second-order valence-electron chi connectivity index (χ2n) is 4.69. The van der Waals surface area contributed by atoms with Crippen molar-refractivity contribution in [1.82, 2.24) is 5.43 Å². The lowest BCUT2D eigenvalue weighted by atomic mass is 9.92. The summed E-state index contributed by atoms with van der Waals surface area (Å²) in [5.41, 5.74) is 3.44. The number of carbonyl (C=O) groups is 1. The van der Waals surface area contributed by atoms with Gasteiger partial charge in [-0.05, 0) is 18.9 Å². The van der Waals surface area contributed by atoms with Crippen LogP contribution in [0.4, 0.5) is 0 Å². The fourth-order valence-corrected chi connectivity index (χ4v) is 3.78. The summed E-state index contributed by atoms with van der Waals surface area (Å²) in [6, 6.07) is 6.91. The van der Waals surface area contributed by atoms with Gasteiger partial charge in [0.2, 0.25) is 0 Å². The van der Waals surface area contributed by atoms with E-state index in [-0.39, 0.29) is 6.42 Å². The average Bonchev–Trinajstić information content (AvgIpc) is 2.34. The Bertz CT molecular complexity index is 552. The van der Waals surface area contributed by atoms with Gasteiger partial charge in [-0.1, -0.05) is 43.2 Å². The van der Waals surface area contributed by atoms with Gasteiger partial charge < -0.3 is 0 Å². The van der Waals surface area contributed by atoms with E-state index in [4.69, 9.17) is 5.84 Å². The molecule has 0 bridgehead atoms. The first-order chi connectivity index (χ1) is 8.79. The molecule has 1 atom stereocenters. The number of carbonyl (C=O) groups excluding carboxylic acids is 1. The highest BCUT2D eigenvalue weighted by Gasteiger charge is 2.48. The molecule has 0 fully saturated rings. The number of rotatable bonds is 5. The highest BCUT2D eigenvalue weighted by atomic mass is 32.2. The van der Waals surface area contributed by atoms with Gasteiger partial charge in [0.15, 0.2) is 14.6 Å². The summed E-state index contributed by atoms with van der Waals surface area (Å²) >= 11 is 0. The number of benzene rings is 1. The topological polar surface area (TPSA) is 89.3 Å². The van der Waals surface area contributed by atoms with Gasteiger partial charge in [0.1, 0.15) is 0 Å². The average molecular weight is 284 g/mol. The molecule has 0 radical (unpaired) electrons. The molecule has 0 saturated carbocycles. The summed E-state index contributed by atoms with van der Waals surface area (Å²) in [6.07, 6.45) is 1.81. The zero-order valence-corrected chi connectivity index (χ0v) is 12.3. The largest absolute Gasteiger partial charge is 0.293 e. The molecule has 1 amide bonds. The van der Waals surface area contributed by atoms with Gasteiger partial charge in [-0.15, -0.1) is 0 Å². The number of nitrogens with two attached hydrogens (primary N) is 1. The Balaban J connectivity index is 3.56. The first kappa shape index (κ1) is 15.7. The smallest absolute Gasteiger partial charge is 0.259 e. The van der Waals surface area contributed by atoms with Gasteiger partial charge in [0.05, 0.1) is 0 Å². The Kier molecular flexibility index (Phi) is 4.70. The van der Waals surface area contributed by atoms with Crippen molar-refractivity contribution in [2.24, 2.45) is 5.84 Å². The molecule has 0 heterocycles. The van der Waals surface area contributed by atoms with E-state index in [1.165, 1.54) is 0 Å². The van der Waals surface area contributed by atoms with Crippen LogP contribution in [-0.2, 0) is 19.4 Å². The first-order valence-corrected chi connectivity index (χ1v) is 7.96. The number of aryl methyl sites for hydroxylation is 1. The lowest BCUT2D eigenvalue weighted by Crippen LogP contribution is -2.51. The molecule has 3 N–H and O–H groups in total. The number of amides is 1. The van der Waals surface area contributed by atoms with Gasteiger partial charge >= 0.3 is 0 Å². The Morgan fingerprint density at radius 1 is 1.32 bits per heavy atom. The zero-order chi connectivity index (χ0) is 14.7. The molecule has 19 heavy (non-hydrogen) atoms. The van der Waals surface area contributed by atoms with Crippen molar-refractivity contribution in [3.63, 3.8) is 0 Å². The third-order valence-electron chi connectivity index (χ3n) is 3.25. The molecule has 0 aliphatic heterocycles. The predicted molar refractivity (Wildman–Crippen MR) is 74.9 cm³/mol. The molecule has 6 heteroatoms. The first-order valence-electron chi connectivity index (χ1n) is 6.07. The Labute approximate surface area is 114 Å². The second kappa shape index (κ2) is 5.71. The normalized spacial score (nSPS) is 14.7. The van der Waals surface area contributed by atoms with Crippen molar-refractivity contribution < 1.29 is 13.2 Å². The monoisotopic (exact) mass is 284 g/mol. The second-order valence-corrected chi connectivity index (χ2v) is 6.93. The lowest BCUT2D eigenvalue weighted by molar-refractivity contribution is -0.124. The van der Waals surface area contributed by atoms with Gasteiger partial charge in [-0.2, -0.15) is 0 Å². The highest BCUT2D eigenvalue weighted by Crippen LogP contribution is 2.35. The van der Waals surface area contributed by atoms with Crippen LogP contribution < -0.4 is 11.3 Å². The number of hydrogen-bond acceptors (Lipinski definition) is 4. The van der Waals surface area contributed by atoms with E-state index in [0.29, 0.717) is 12.0 Å². The van der Waals surface area contributed by atoms with Crippen LogP contribution in [0.2, 0.25) is 0 Å². The minimum atomic E-state index is -3.66. The van der Waals surface area contributed by atoms with E-state index < -0.39 is 20.5 Å². The predicted octanol–water partition coefficient (Wildman–Crippen LogP) is 1.02. The highest BCUT2D eigenvalue weighted by molar-refractivity contribution is 7.92. The maximum atomic E-state index is 12.2. The summed E-state index contributed by atoms with van der Waals surface area (Å²) in [6.45, 7) is 3.73. The number of hydrogen-bond donors (Lipinski definition) is 2. The number of nitrogens with one attached hydrogen (secondary N) is 1. The van der Waals surface area contributed by atoms with Gasteiger partial charge in [-0.3, -0.25) is 10.2 Å². The molecule has 106 valence electrons. The van der Waals surface area contributed by atoms with Gasteiger partial charge in [0, 0.05) is 6.26 Å². The fourth-order valence-electron chi connectivity index (χ4n) is 2.25. The summed E-state index contributed by atoms with van der Waals surface area (Å²) in [7, 11) is -3.66. The maximum absolute atomic E-state index is 12.2. The zero-order valence-electron chi connectivity index (χ0n) is 11.4. The van der Waals surface area contributed by atoms with Crippen LogP contribution in [0.25, 0.3) is 0 Å². The molecular formula is C13H20N2O3S. The van der Waals surface area contributed by atoms with E-state index in [0.717, 1.165) is 11.8 Å². The third kappa shape index (κ3) is 2.79. The molecule has 1 aromatic rings. The van der Waals surface area contributed by atoms with Gasteiger partial charge in [0.25, 0.3) is 5.91 Å². The fraction of sp³-hybridized carbons (Fsp3) is 0.462. The van der Waals surface area contributed by atoms with Crippen molar-refractivity contribution in [3.05, 3.63) is 35.4 Å². The molecule has 0 aliphatic rings. The summed E-state index contributed by atoms with van der Waals surface area (Å²) in [4.78, 5) is 12.1. The van der Waals surface area contributed by atoms with Crippen LogP contribution in [0, 0.1) is 6.92 Å². The maximum Gasteiger partial charge on any atom is 0.259 e. The minimum absolute atomic E-state index is 0.192. The summed E-state index contributed by atoms with van der Waals surface area (Å²) < 4.78 is 22.8. The SMILES string of the molecule is CCCC(C(=O)NN)(c1ccc(C)cc1)S(C)(=O)=O. The number of sulfone groups is 1. The lowest BCUT2D eigenvalue weighted by Gasteiger charge is -2.30. The van der Waals surface area contributed by atoms with Crippen LogP contribution in [-0.4, -0.2) is 20.6 Å². The van der Waals surface area contributed by atoms with Crippen molar-refractivity contribution in [2.45, 2.75) is 31.4 Å². The molecule has 0 aliphatic carbocycles. The third-order valence-corrected chi connectivity index (χ3v) is 5.14. The molecule has 1 aromatic carbocycles. The number of hydrazine groups is 1. The van der Waals surface area contributed by atoms with Crippen molar-refractivity contribution >= 4 is 15.7 Å². The van der Waals surface area contributed by atoms with E-state index in [9.17, 15) is 13.2 Å². The van der Waals surface area contributed by atoms with Crippen molar-refractivity contribution in [1.29, 1.82) is 0 Å². The summed E-state index contributed by atoms with van der Waals surface area (Å²) in [5.74, 6) is 4.49. The van der Waals surface area contributed by atoms with Crippen LogP contribution >= 0.6 is 0 Å². The summed E-state index contributed by atoms with van der Waals surface area (Å²) in [5, 5.41) is 0. The standard InChI is InChI=1S/C13H20N2O3S/c1-4-9-13(12(16)15-14,19(3,17)18)11-7-5-10(2)6-8-11/h5-8H,4,9,14H2,1-3H3,(H,15,16). The van der Waals surface area contributed by atoms with Crippen LogP contribution in [0.5, 0.6) is 0 Å². The molecule has 1 unspecified atom stereocenters. The van der Waals surface area contributed by atoms with E-state index in [2.05, 4.69) is 0 Å². The van der Waals surface area contributed by atoms with Crippen LogP contribution in [0.3, 0.4) is 0 Å². The van der Waals surface area contributed by atoms with Crippen molar-refractivity contribution in [2.75, 3.05) is 6.26 Å². The van der Waals surface area contributed by atoms with E-state index in [1.807, 2.05) is 19.3 Å². The van der Waals surface area contributed by atoms with Crippen molar-refractivity contribution in [3.8, 4) is 0 Å². The molecule has 5 nitrogen and oxygen atoms in total. The van der Waals surface area contributed by atoms with Crippen LogP contribution in [0.1, 0.15) is 30.9 Å². The Hall–Kier alpha value is -1.40. The molecule has 0 aromatic heterocycles. The molecular weight excluding hydrogens is 264 g/mol. The van der Waals surface area contributed by atoms with Gasteiger partial charge in [-0.25, -0.2) is 14.3 Å². The minimum Gasteiger partial charge on any atom is -0.293 e. The quantitative estimate of drug-likeness (QED) is 0.480. The Morgan fingerprint density at radius 3 is 2.21 bits per heavy atom. The Morgan fingerprint density at radius 2 is 1.84 bits per heavy atom. The van der Waals surface area contributed by atoms with E-state index in [1.54, 1.807) is 24.3 Å². The molecule has 0 saturated heterocycles. The molecule has 0 spiro atoms. The van der Waals surface area contributed by atoms with E-state index >= 15 is 0 Å². The van der Waals surface area contributed by atoms with Crippen LogP contribution in [0.15, 0.2) is 24.3 Å². The molecule has 1 rings (SSSR count).